The van der Waals surface area contributed by atoms with Crippen molar-refractivity contribution in [1.82, 2.24) is 15.3 Å². The summed E-state index contributed by atoms with van der Waals surface area (Å²) >= 11 is 1.59. The fraction of sp³-hybridized carbons (Fsp3) is 0.167. The number of amides is 1. The molecule has 122 valence electrons. The largest absolute Gasteiger partial charge is 0.496 e. The van der Waals surface area contributed by atoms with Gasteiger partial charge in [0.1, 0.15) is 5.75 Å². The Morgan fingerprint density at radius 2 is 2.00 bits per heavy atom. The second kappa shape index (κ2) is 7.70. The quantitative estimate of drug-likeness (QED) is 0.749. The summed E-state index contributed by atoms with van der Waals surface area (Å²) in [5.74, 6) is 0.433. The van der Waals surface area contributed by atoms with Gasteiger partial charge in [-0.15, -0.1) is 11.3 Å². The van der Waals surface area contributed by atoms with E-state index >= 15 is 0 Å². The number of nitrogens with zero attached hydrogens (tertiary/aromatic N) is 2. The standard InChI is InChI=1S/C18H17N3O2S/c1-23-16-5-3-2-4-14(16)18(22)20-11-8-17-21-15(12-24-17)13-6-9-19-10-7-13/h2-7,9-10,12H,8,11H2,1H3,(H,20,22). The van der Waals surface area contributed by atoms with Crippen LogP contribution >= 0.6 is 11.3 Å². The zero-order chi connectivity index (χ0) is 16.8. The summed E-state index contributed by atoms with van der Waals surface area (Å²) in [6.45, 7) is 0.528. The molecule has 0 atom stereocenters. The molecule has 6 heteroatoms. The number of thiazole rings is 1. The van der Waals surface area contributed by atoms with Gasteiger partial charge in [-0.05, 0) is 24.3 Å². The number of nitrogens with one attached hydrogen (secondary N) is 1. The Morgan fingerprint density at radius 3 is 2.79 bits per heavy atom. The molecule has 3 rings (SSSR count). The number of carbonyl (C=O) groups is 1. The molecule has 0 saturated heterocycles. The molecule has 5 nitrogen and oxygen atoms in total. The second-order valence-corrected chi connectivity index (χ2v) is 6.01. The van der Waals surface area contributed by atoms with Crippen molar-refractivity contribution in [3.63, 3.8) is 0 Å². The van der Waals surface area contributed by atoms with Crippen LogP contribution in [-0.4, -0.2) is 29.5 Å². The van der Waals surface area contributed by atoms with Crippen LogP contribution in [0.25, 0.3) is 11.3 Å². The van der Waals surface area contributed by atoms with Gasteiger partial charge in [0.15, 0.2) is 0 Å². The first kappa shape index (κ1) is 16.1. The molecule has 1 aromatic carbocycles. The predicted octanol–water partition coefficient (Wildman–Crippen LogP) is 3.19. The number of hydrogen-bond donors (Lipinski definition) is 1. The van der Waals surface area contributed by atoms with E-state index < -0.39 is 0 Å². The molecule has 0 bridgehead atoms. The van der Waals surface area contributed by atoms with Gasteiger partial charge in [-0.2, -0.15) is 0 Å². The Morgan fingerprint density at radius 1 is 1.21 bits per heavy atom. The van der Waals surface area contributed by atoms with Crippen molar-refractivity contribution in [3.8, 4) is 17.0 Å². The highest BCUT2D eigenvalue weighted by Crippen LogP contribution is 2.21. The second-order valence-electron chi connectivity index (χ2n) is 5.07. The molecule has 3 aromatic rings. The Kier molecular flexibility index (Phi) is 5.18. The van der Waals surface area contributed by atoms with Gasteiger partial charge in [0, 0.05) is 36.3 Å². The summed E-state index contributed by atoms with van der Waals surface area (Å²) in [4.78, 5) is 20.8. The Balaban J connectivity index is 1.57. The van der Waals surface area contributed by atoms with E-state index in [4.69, 9.17) is 4.74 Å². The highest BCUT2D eigenvalue weighted by atomic mass is 32.1. The molecule has 2 aromatic heterocycles. The average Bonchev–Trinajstić information content (AvgIpc) is 3.11. The van der Waals surface area contributed by atoms with Gasteiger partial charge in [0.25, 0.3) is 5.91 Å². The van der Waals surface area contributed by atoms with Crippen LogP contribution < -0.4 is 10.1 Å². The van der Waals surface area contributed by atoms with E-state index in [9.17, 15) is 4.79 Å². The maximum Gasteiger partial charge on any atom is 0.255 e. The van der Waals surface area contributed by atoms with Crippen molar-refractivity contribution in [1.29, 1.82) is 0 Å². The molecule has 0 aliphatic rings. The summed E-state index contributed by atoms with van der Waals surface area (Å²) in [6, 6.07) is 11.0. The number of pyridine rings is 1. The highest BCUT2D eigenvalue weighted by Gasteiger charge is 2.11. The van der Waals surface area contributed by atoms with E-state index in [-0.39, 0.29) is 5.91 Å². The van der Waals surface area contributed by atoms with Crippen molar-refractivity contribution >= 4 is 17.2 Å². The molecule has 0 saturated carbocycles. The van der Waals surface area contributed by atoms with Crippen LogP contribution in [-0.2, 0) is 6.42 Å². The lowest BCUT2D eigenvalue weighted by atomic mass is 10.2. The molecule has 0 spiro atoms. The number of benzene rings is 1. The summed E-state index contributed by atoms with van der Waals surface area (Å²) < 4.78 is 5.21. The van der Waals surface area contributed by atoms with E-state index in [1.54, 1.807) is 43.0 Å². The third kappa shape index (κ3) is 3.78. The SMILES string of the molecule is COc1ccccc1C(=O)NCCc1nc(-c2ccncc2)cs1. The fourth-order valence-electron chi connectivity index (χ4n) is 2.29. The smallest absolute Gasteiger partial charge is 0.255 e. The number of aromatic nitrogens is 2. The molecule has 24 heavy (non-hydrogen) atoms. The zero-order valence-corrected chi connectivity index (χ0v) is 14.0. The van der Waals surface area contributed by atoms with Gasteiger partial charge in [-0.3, -0.25) is 9.78 Å². The molecule has 1 amide bonds. The Labute approximate surface area is 144 Å². The summed E-state index contributed by atoms with van der Waals surface area (Å²) in [5, 5.41) is 5.92. The minimum Gasteiger partial charge on any atom is -0.496 e. The topological polar surface area (TPSA) is 64.1 Å². The van der Waals surface area contributed by atoms with Crippen LogP contribution in [0.4, 0.5) is 0 Å². The summed E-state index contributed by atoms with van der Waals surface area (Å²) in [6.07, 6.45) is 4.19. The number of ether oxygens (including phenoxy) is 1. The van der Waals surface area contributed by atoms with Crippen LogP contribution in [0.2, 0.25) is 0 Å². The molecule has 0 aliphatic heterocycles. The third-order valence-corrected chi connectivity index (χ3v) is 4.41. The van der Waals surface area contributed by atoms with Crippen LogP contribution in [0.3, 0.4) is 0 Å². The number of rotatable bonds is 6. The van der Waals surface area contributed by atoms with Crippen molar-refractivity contribution in [2.75, 3.05) is 13.7 Å². The number of methoxy groups -OCH3 is 1. The van der Waals surface area contributed by atoms with E-state index in [2.05, 4.69) is 15.3 Å². The maximum atomic E-state index is 12.2. The Hall–Kier alpha value is -2.73. The first-order valence-electron chi connectivity index (χ1n) is 7.54. The van der Waals surface area contributed by atoms with E-state index in [1.165, 1.54) is 0 Å². The van der Waals surface area contributed by atoms with Gasteiger partial charge in [0.2, 0.25) is 0 Å². The predicted molar refractivity (Wildman–Crippen MR) is 94.4 cm³/mol. The Bertz CT molecular complexity index is 818. The highest BCUT2D eigenvalue weighted by molar-refractivity contribution is 7.09. The maximum absolute atomic E-state index is 12.2. The molecule has 0 aliphatic carbocycles. The number of carbonyl (C=O) groups excluding carboxylic acids is 1. The van der Waals surface area contributed by atoms with Crippen LogP contribution in [0.1, 0.15) is 15.4 Å². The van der Waals surface area contributed by atoms with Crippen LogP contribution in [0.5, 0.6) is 5.75 Å². The minimum absolute atomic E-state index is 0.140. The lowest BCUT2D eigenvalue weighted by Crippen LogP contribution is -2.26. The van der Waals surface area contributed by atoms with Crippen molar-refractivity contribution in [2.45, 2.75) is 6.42 Å². The number of para-hydroxylation sites is 1. The third-order valence-electron chi connectivity index (χ3n) is 3.50. The van der Waals surface area contributed by atoms with Gasteiger partial charge in [0.05, 0.1) is 23.4 Å². The number of hydrogen-bond acceptors (Lipinski definition) is 5. The van der Waals surface area contributed by atoms with Crippen molar-refractivity contribution in [3.05, 3.63) is 64.7 Å². The molecule has 2 heterocycles. The lowest BCUT2D eigenvalue weighted by molar-refractivity contribution is 0.0951. The van der Waals surface area contributed by atoms with Crippen LogP contribution in [0, 0.1) is 0 Å². The van der Waals surface area contributed by atoms with Gasteiger partial charge in [-0.25, -0.2) is 4.98 Å². The molecule has 0 unspecified atom stereocenters. The van der Waals surface area contributed by atoms with Crippen molar-refractivity contribution < 1.29 is 9.53 Å². The molecule has 0 fully saturated rings. The summed E-state index contributed by atoms with van der Waals surface area (Å²) in [7, 11) is 1.56. The lowest BCUT2D eigenvalue weighted by Gasteiger charge is -2.08. The normalized spacial score (nSPS) is 10.4. The fourth-order valence-corrected chi connectivity index (χ4v) is 3.10. The van der Waals surface area contributed by atoms with Crippen molar-refractivity contribution in [2.24, 2.45) is 0 Å². The van der Waals surface area contributed by atoms with Crippen LogP contribution in [0.15, 0.2) is 54.2 Å². The van der Waals surface area contributed by atoms with E-state index in [0.717, 1.165) is 16.3 Å². The molecule has 0 radical (unpaired) electrons. The molecule has 1 N–H and O–H groups in total. The van der Waals surface area contributed by atoms with Gasteiger partial charge < -0.3 is 10.1 Å². The first-order chi connectivity index (χ1) is 11.8. The minimum atomic E-state index is -0.140. The monoisotopic (exact) mass is 339 g/mol. The summed E-state index contributed by atoms with van der Waals surface area (Å²) in [5.41, 5.74) is 2.52. The average molecular weight is 339 g/mol. The zero-order valence-electron chi connectivity index (χ0n) is 13.2. The molecular weight excluding hydrogens is 322 g/mol. The van der Waals surface area contributed by atoms with E-state index in [0.29, 0.717) is 24.3 Å². The van der Waals surface area contributed by atoms with E-state index in [1.807, 2.05) is 29.6 Å². The first-order valence-corrected chi connectivity index (χ1v) is 8.42. The van der Waals surface area contributed by atoms with Gasteiger partial charge >= 0.3 is 0 Å². The van der Waals surface area contributed by atoms with Gasteiger partial charge in [-0.1, -0.05) is 12.1 Å². The molecular formula is C18H17N3O2S.